The van der Waals surface area contributed by atoms with Crippen molar-refractivity contribution in [3.05, 3.63) is 11.7 Å². The summed E-state index contributed by atoms with van der Waals surface area (Å²) < 4.78 is 22.4. The molecule has 0 saturated heterocycles. The van der Waals surface area contributed by atoms with Gasteiger partial charge in [0.1, 0.15) is 6.61 Å². The van der Waals surface area contributed by atoms with Crippen LogP contribution in [0.15, 0.2) is 11.7 Å². The maximum absolute atomic E-state index is 10.7. The van der Waals surface area contributed by atoms with E-state index in [0.29, 0.717) is 12.4 Å². The molecule has 8 heavy (non-hydrogen) atoms. The molecule has 0 bridgehead atoms. The van der Waals surface area contributed by atoms with E-state index in [9.17, 15) is 4.21 Å². The summed E-state index contributed by atoms with van der Waals surface area (Å²) in [7, 11) is -2.39. The molecule has 0 radical (unpaired) electrons. The Morgan fingerprint density at radius 2 is 2.50 bits per heavy atom. The molecule has 0 saturated carbocycles. The van der Waals surface area contributed by atoms with Crippen LogP contribution in [0, 0.1) is 4.78 Å². The van der Waals surface area contributed by atoms with Gasteiger partial charge in [-0.2, -0.15) is 0 Å². The third-order valence-electron chi connectivity index (χ3n) is 0.876. The lowest BCUT2D eigenvalue weighted by molar-refractivity contribution is 0.268. The quantitative estimate of drug-likeness (QED) is 0.524. The average Bonchev–Trinajstić information content (AvgIpc) is 1.65. The molecule has 1 unspecified atom stereocenters. The smallest absolute Gasteiger partial charge is 0.100 e. The summed E-state index contributed by atoms with van der Waals surface area (Å²) in [4.78, 5) is 0. The van der Waals surface area contributed by atoms with Crippen LogP contribution >= 0.6 is 0 Å². The Labute approximate surface area is 48.3 Å². The molecule has 3 nitrogen and oxygen atoms in total. The fourth-order valence-electron chi connectivity index (χ4n) is 0.437. The molecule has 0 aromatic heterocycles. The van der Waals surface area contributed by atoms with E-state index in [1.165, 1.54) is 11.7 Å². The zero-order valence-corrected chi connectivity index (χ0v) is 5.11. The summed E-state index contributed by atoms with van der Waals surface area (Å²) >= 11 is 0. The number of rotatable bonds is 0. The van der Waals surface area contributed by atoms with E-state index in [1.54, 1.807) is 0 Å². The molecule has 4 heteroatoms. The van der Waals surface area contributed by atoms with Gasteiger partial charge in [0.25, 0.3) is 0 Å². The van der Waals surface area contributed by atoms with Gasteiger partial charge in [-0.3, -0.25) is 0 Å². The van der Waals surface area contributed by atoms with Crippen molar-refractivity contribution < 1.29 is 8.95 Å². The van der Waals surface area contributed by atoms with Crippen molar-refractivity contribution in [2.75, 3.05) is 12.4 Å². The van der Waals surface area contributed by atoms with Gasteiger partial charge < -0.3 is 4.74 Å². The Kier molecular flexibility index (Phi) is 1.25. The standard InChI is InChI=1S/C4H7NO2S/c5-8(6)3-1-7-2-4-8/h1,3,5H,2,4H2. The molecular formula is C4H7NO2S. The van der Waals surface area contributed by atoms with Crippen molar-refractivity contribution in [3.8, 4) is 0 Å². The van der Waals surface area contributed by atoms with Crippen LogP contribution in [0.1, 0.15) is 0 Å². The zero-order chi connectivity index (χ0) is 6.04. The van der Waals surface area contributed by atoms with E-state index in [1.807, 2.05) is 0 Å². The highest BCUT2D eigenvalue weighted by atomic mass is 32.2. The predicted molar refractivity (Wildman–Crippen MR) is 30.8 cm³/mol. The molecule has 0 aromatic rings. The van der Waals surface area contributed by atoms with Crippen LogP contribution in [0.3, 0.4) is 0 Å². The second-order valence-electron chi connectivity index (χ2n) is 1.57. The second kappa shape index (κ2) is 1.78. The fourth-order valence-corrected chi connectivity index (χ4v) is 1.17. The zero-order valence-electron chi connectivity index (χ0n) is 4.29. The number of nitrogens with one attached hydrogen (secondary N) is 1. The van der Waals surface area contributed by atoms with Gasteiger partial charge in [-0.05, 0) is 0 Å². The predicted octanol–water partition coefficient (Wildman–Crippen LogP) is 0.535. The van der Waals surface area contributed by atoms with Gasteiger partial charge in [-0.15, -0.1) is 0 Å². The highest BCUT2D eigenvalue weighted by Gasteiger charge is 2.04. The molecule has 1 aliphatic rings. The lowest BCUT2D eigenvalue weighted by Gasteiger charge is -2.06. The van der Waals surface area contributed by atoms with Crippen LogP contribution in [0.2, 0.25) is 0 Å². The Balaban J connectivity index is 2.87. The fraction of sp³-hybridized carbons (Fsp3) is 0.500. The molecule has 0 amide bonds. The first-order valence-corrected chi connectivity index (χ1v) is 4.04. The first-order chi connectivity index (χ1) is 3.71. The van der Waals surface area contributed by atoms with E-state index < -0.39 is 9.73 Å². The van der Waals surface area contributed by atoms with Gasteiger partial charge in [0, 0.05) is 5.41 Å². The first kappa shape index (κ1) is 5.62. The molecule has 1 N–H and O–H groups in total. The first-order valence-electron chi connectivity index (χ1n) is 2.25. The summed E-state index contributed by atoms with van der Waals surface area (Å²) in [5, 5.41) is 1.30. The van der Waals surface area contributed by atoms with E-state index in [-0.39, 0.29) is 0 Å². The van der Waals surface area contributed by atoms with Gasteiger partial charge in [0.2, 0.25) is 0 Å². The molecule has 1 aliphatic heterocycles. The van der Waals surface area contributed by atoms with E-state index >= 15 is 0 Å². The van der Waals surface area contributed by atoms with E-state index in [2.05, 4.69) is 0 Å². The third-order valence-corrected chi connectivity index (χ3v) is 2.20. The Hall–Kier alpha value is -0.510. The number of hydrogen-bond acceptors (Lipinski definition) is 3. The van der Waals surface area contributed by atoms with Crippen LogP contribution in [-0.2, 0) is 14.5 Å². The van der Waals surface area contributed by atoms with Crippen molar-refractivity contribution in [2.45, 2.75) is 0 Å². The van der Waals surface area contributed by atoms with Crippen molar-refractivity contribution in [1.82, 2.24) is 0 Å². The van der Waals surface area contributed by atoms with Crippen molar-refractivity contribution in [1.29, 1.82) is 4.78 Å². The third kappa shape index (κ3) is 1.23. The van der Waals surface area contributed by atoms with Crippen LogP contribution in [0.4, 0.5) is 0 Å². The molecule has 1 rings (SSSR count). The Morgan fingerprint density at radius 1 is 1.75 bits per heavy atom. The summed E-state index contributed by atoms with van der Waals surface area (Å²) in [6.07, 6.45) is 1.33. The van der Waals surface area contributed by atoms with Crippen LogP contribution < -0.4 is 0 Å². The average molecular weight is 133 g/mol. The van der Waals surface area contributed by atoms with Gasteiger partial charge in [0.05, 0.1) is 21.7 Å². The second-order valence-corrected chi connectivity index (χ2v) is 3.71. The maximum Gasteiger partial charge on any atom is 0.100 e. The van der Waals surface area contributed by atoms with Crippen LogP contribution in [0.25, 0.3) is 0 Å². The lowest BCUT2D eigenvalue weighted by Crippen LogP contribution is -2.10. The van der Waals surface area contributed by atoms with Gasteiger partial charge in [-0.1, -0.05) is 0 Å². The molecule has 1 atom stereocenters. The van der Waals surface area contributed by atoms with E-state index in [4.69, 9.17) is 9.52 Å². The van der Waals surface area contributed by atoms with Gasteiger partial charge in [-0.25, -0.2) is 8.99 Å². The molecule has 0 aromatic carbocycles. The number of hydrogen-bond donors (Lipinski definition) is 1. The molecule has 1 heterocycles. The molecular weight excluding hydrogens is 126 g/mol. The Morgan fingerprint density at radius 3 is 2.75 bits per heavy atom. The van der Waals surface area contributed by atoms with Gasteiger partial charge in [0.15, 0.2) is 0 Å². The molecule has 46 valence electrons. The Bertz CT molecular complexity index is 192. The monoisotopic (exact) mass is 133 g/mol. The highest BCUT2D eigenvalue weighted by molar-refractivity contribution is 7.95. The number of ether oxygens (including phenoxy) is 1. The minimum absolute atomic E-state index is 0.337. The van der Waals surface area contributed by atoms with E-state index in [0.717, 1.165) is 0 Å². The van der Waals surface area contributed by atoms with Crippen molar-refractivity contribution in [3.63, 3.8) is 0 Å². The van der Waals surface area contributed by atoms with Crippen LogP contribution in [0.5, 0.6) is 0 Å². The molecule has 0 aliphatic carbocycles. The van der Waals surface area contributed by atoms with Crippen molar-refractivity contribution >= 4 is 9.73 Å². The summed E-state index contributed by atoms with van der Waals surface area (Å²) in [6, 6.07) is 0. The molecule has 0 fully saturated rings. The maximum atomic E-state index is 10.7. The van der Waals surface area contributed by atoms with Crippen LogP contribution in [-0.4, -0.2) is 16.6 Å². The highest BCUT2D eigenvalue weighted by Crippen LogP contribution is 2.00. The topological polar surface area (TPSA) is 50.2 Å². The molecule has 0 spiro atoms. The SMILES string of the molecule is N=S1(=O)C=COCC1. The summed E-state index contributed by atoms with van der Waals surface area (Å²) in [6.45, 7) is 0.416. The summed E-state index contributed by atoms with van der Waals surface area (Å²) in [5.74, 6) is 0.337. The minimum Gasteiger partial charge on any atom is -0.500 e. The normalized spacial score (nSPS) is 36.5. The van der Waals surface area contributed by atoms with Gasteiger partial charge >= 0.3 is 0 Å². The largest absolute Gasteiger partial charge is 0.500 e. The summed E-state index contributed by atoms with van der Waals surface area (Å²) in [5.41, 5.74) is 0. The minimum atomic E-state index is -2.39. The lowest BCUT2D eigenvalue weighted by atomic mass is 10.8. The van der Waals surface area contributed by atoms with Crippen molar-refractivity contribution in [2.24, 2.45) is 0 Å².